The average Bonchev–Trinajstić information content (AvgIpc) is 3.20. The van der Waals surface area contributed by atoms with E-state index in [0.717, 1.165) is 10.2 Å². The molecule has 0 amide bonds. The van der Waals surface area contributed by atoms with Gasteiger partial charge in [0, 0.05) is 10.9 Å². The fourth-order valence-electron chi connectivity index (χ4n) is 2.91. The van der Waals surface area contributed by atoms with Crippen molar-refractivity contribution in [3.8, 4) is 5.75 Å². The van der Waals surface area contributed by atoms with Gasteiger partial charge in [0.25, 0.3) is 5.56 Å². The van der Waals surface area contributed by atoms with Gasteiger partial charge in [-0.1, -0.05) is 0 Å². The first-order valence-corrected chi connectivity index (χ1v) is 8.60. The molecule has 6 nitrogen and oxygen atoms in total. The molecule has 0 radical (unpaired) electrons. The molecule has 25 heavy (non-hydrogen) atoms. The van der Waals surface area contributed by atoms with Gasteiger partial charge in [-0.2, -0.15) is 5.10 Å². The van der Waals surface area contributed by atoms with Crippen molar-refractivity contribution in [2.45, 2.75) is 13.5 Å². The molecule has 4 rings (SSSR count). The number of methoxy groups -OCH3 is 1. The van der Waals surface area contributed by atoms with Crippen molar-refractivity contribution < 1.29 is 9.53 Å². The molecule has 126 valence electrons. The van der Waals surface area contributed by atoms with Gasteiger partial charge < -0.3 is 4.74 Å². The van der Waals surface area contributed by atoms with Gasteiger partial charge >= 0.3 is 0 Å². The standard InChI is InChI=1S/C18H15N3O3S/c1-11-19-20(10-16(22)12-3-5-14(24-2)6-4-12)17(23)15-9-13-7-8-25-18(13)21(11)15/h3-9H,10H2,1-2H3. The smallest absolute Gasteiger partial charge is 0.291 e. The van der Waals surface area contributed by atoms with Crippen LogP contribution in [0.15, 0.2) is 46.6 Å². The predicted octanol–water partition coefficient (Wildman–Crippen LogP) is 2.91. The summed E-state index contributed by atoms with van der Waals surface area (Å²) < 4.78 is 8.17. The first kappa shape index (κ1) is 15.6. The predicted molar refractivity (Wildman–Crippen MR) is 96.9 cm³/mol. The van der Waals surface area contributed by atoms with Crippen LogP contribution in [-0.4, -0.2) is 27.1 Å². The van der Waals surface area contributed by atoms with Crippen molar-refractivity contribution in [2.24, 2.45) is 0 Å². The molecule has 0 saturated heterocycles. The maximum Gasteiger partial charge on any atom is 0.291 e. The molecule has 0 unspecified atom stereocenters. The molecule has 4 aromatic rings. The second-order valence-electron chi connectivity index (χ2n) is 5.71. The molecule has 0 N–H and O–H groups in total. The summed E-state index contributed by atoms with van der Waals surface area (Å²) in [4.78, 5) is 26.2. The lowest BCUT2D eigenvalue weighted by atomic mass is 10.1. The molecule has 0 spiro atoms. The maximum atomic E-state index is 12.7. The Morgan fingerprint density at radius 1 is 1.24 bits per heavy atom. The van der Waals surface area contributed by atoms with Gasteiger partial charge in [-0.05, 0) is 48.7 Å². The fourth-order valence-corrected chi connectivity index (χ4v) is 3.85. The molecular weight excluding hydrogens is 338 g/mol. The summed E-state index contributed by atoms with van der Waals surface area (Å²) in [6, 6.07) is 10.6. The van der Waals surface area contributed by atoms with Crippen molar-refractivity contribution in [3.05, 3.63) is 63.5 Å². The number of benzene rings is 1. The van der Waals surface area contributed by atoms with Crippen LogP contribution in [0.4, 0.5) is 0 Å². The Bertz CT molecular complexity index is 1150. The third-order valence-electron chi connectivity index (χ3n) is 4.16. The molecule has 0 aliphatic rings. The van der Waals surface area contributed by atoms with Crippen LogP contribution in [0.3, 0.4) is 0 Å². The number of thiophene rings is 1. The first-order chi connectivity index (χ1) is 12.1. The van der Waals surface area contributed by atoms with Gasteiger partial charge in [0.1, 0.15) is 28.5 Å². The number of ether oxygens (including phenoxy) is 1. The van der Waals surface area contributed by atoms with E-state index in [0.29, 0.717) is 22.7 Å². The monoisotopic (exact) mass is 353 g/mol. The van der Waals surface area contributed by atoms with Crippen LogP contribution < -0.4 is 10.3 Å². The van der Waals surface area contributed by atoms with Crippen LogP contribution in [0.2, 0.25) is 0 Å². The van der Waals surface area contributed by atoms with Gasteiger partial charge in [-0.25, -0.2) is 4.68 Å². The van der Waals surface area contributed by atoms with E-state index in [1.807, 2.05) is 28.8 Å². The molecule has 3 heterocycles. The number of aromatic nitrogens is 3. The zero-order chi connectivity index (χ0) is 17.6. The number of hydrogen-bond acceptors (Lipinski definition) is 5. The van der Waals surface area contributed by atoms with Crippen LogP contribution >= 0.6 is 11.3 Å². The van der Waals surface area contributed by atoms with E-state index in [4.69, 9.17) is 4.74 Å². The second kappa shape index (κ2) is 5.86. The average molecular weight is 353 g/mol. The minimum Gasteiger partial charge on any atom is -0.497 e. The molecule has 0 atom stereocenters. The van der Waals surface area contributed by atoms with Crippen LogP contribution in [0.1, 0.15) is 16.2 Å². The molecule has 3 aromatic heterocycles. The number of carbonyl (C=O) groups is 1. The highest BCUT2D eigenvalue weighted by Crippen LogP contribution is 2.24. The zero-order valence-corrected chi connectivity index (χ0v) is 14.5. The summed E-state index contributed by atoms with van der Waals surface area (Å²) in [5, 5.41) is 7.32. The van der Waals surface area contributed by atoms with Crippen molar-refractivity contribution in [3.63, 3.8) is 0 Å². The molecule has 0 bridgehead atoms. The van der Waals surface area contributed by atoms with Crippen LogP contribution in [-0.2, 0) is 6.54 Å². The first-order valence-electron chi connectivity index (χ1n) is 7.72. The Kier molecular flexibility index (Phi) is 3.65. The summed E-state index contributed by atoms with van der Waals surface area (Å²) in [6.07, 6.45) is 0. The maximum absolute atomic E-state index is 12.7. The number of hydrogen-bond donors (Lipinski definition) is 0. The molecule has 0 aliphatic carbocycles. The molecule has 0 saturated carbocycles. The number of fused-ring (bicyclic) bond motifs is 3. The summed E-state index contributed by atoms with van der Waals surface area (Å²) in [5.74, 6) is 1.18. The van der Waals surface area contributed by atoms with Gasteiger partial charge in [0.15, 0.2) is 5.78 Å². The minimum absolute atomic E-state index is 0.0959. The highest BCUT2D eigenvalue weighted by atomic mass is 32.1. The van der Waals surface area contributed by atoms with E-state index in [-0.39, 0.29) is 17.9 Å². The number of ketones is 1. The lowest BCUT2D eigenvalue weighted by Gasteiger charge is -2.08. The van der Waals surface area contributed by atoms with Crippen molar-refractivity contribution in [2.75, 3.05) is 7.11 Å². The fraction of sp³-hybridized carbons (Fsp3) is 0.167. The summed E-state index contributed by atoms with van der Waals surface area (Å²) >= 11 is 1.56. The van der Waals surface area contributed by atoms with E-state index in [1.165, 1.54) is 4.68 Å². The highest BCUT2D eigenvalue weighted by molar-refractivity contribution is 7.16. The third-order valence-corrected chi connectivity index (χ3v) is 5.07. The summed E-state index contributed by atoms with van der Waals surface area (Å²) in [5.41, 5.74) is 0.788. The lowest BCUT2D eigenvalue weighted by molar-refractivity contribution is 0.0965. The number of carbonyl (C=O) groups excluding carboxylic acids is 1. The molecular formula is C18H15N3O3S. The van der Waals surface area contributed by atoms with Crippen LogP contribution in [0.25, 0.3) is 15.7 Å². The van der Waals surface area contributed by atoms with Crippen LogP contribution in [0, 0.1) is 6.92 Å². The van der Waals surface area contributed by atoms with Gasteiger partial charge in [0.05, 0.1) is 7.11 Å². The minimum atomic E-state index is -0.268. The van der Waals surface area contributed by atoms with E-state index >= 15 is 0 Å². The van der Waals surface area contributed by atoms with E-state index in [2.05, 4.69) is 5.10 Å². The van der Waals surface area contributed by atoms with E-state index in [9.17, 15) is 9.59 Å². The molecule has 7 heteroatoms. The topological polar surface area (TPSA) is 65.6 Å². The van der Waals surface area contributed by atoms with Crippen molar-refractivity contribution >= 4 is 32.9 Å². The third kappa shape index (κ3) is 2.53. The molecule has 0 aliphatic heterocycles. The zero-order valence-electron chi connectivity index (χ0n) is 13.7. The van der Waals surface area contributed by atoms with Crippen LogP contribution in [0.5, 0.6) is 5.75 Å². The Morgan fingerprint density at radius 2 is 2.00 bits per heavy atom. The van der Waals surface area contributed by atoms with E-state index in [1.54, 1.807) is 42.7 Å². The SMILES string of the molecule is COc1ccc(C(=O)Cn2nc(C)n3c(cc4ccsc43)c2=O)cc1. The largest absolute Gasteiger partial charge is 0.497 e. The summed E-state index contributed by atoms with van der Waals surface area (Å²) in [7, 11) is 1.57. The van der Waals surface area contributed by atoms with E-state index < -0.39 is 0 Å². The second-order valence-corrected chi connectivity index (χ2v) is 6.60. The number of Topliss-reactive ketones (excluding diaryl/α,β-unsaturated/α-hetero) is 1. The highest BCUT2D eigenvalue weighted by Gasteiger charge is 2.15. The Hall–Kier alpha value is -2.93. The van der Waals surface area contributed by atoms with Gasteiger partial charge in [-0.15, -0.1) is 11.3 Å². The quantitative estimate of drug-likeness (QED) is 0.529. The van der Waals surface area contributed by atoms with Crippen molar-refractivity contribution in [1.82, 2.24) is 14.2 Å². The normalized spacial score (nSPS) is 11.3. The number of rotatable bonds is 4. The summed E-state index contributed by atoms with van der Waals surface area (Å²) in [6.45, 7) is 1.74. The lowest BCUT2D eigenvalue weighted by Crippen LogP contribution is -2.29. The molecule has 0 fully saturated rings. The number of nitrogens with zero attached hydrogens (tertiary/aromatic N) is 3. The Balaban J connectivity index is 1.74. The Labute approximate surface area is 146 Å². The number of aryl methyl sites for hydroxylation is 1. The molecule has 1 aromatic carbocycles. The van der Waals surface area contributed by atoms with Gasteiger partial charge in [0.2, 0.25) is 0 Å². The van der Waals surface area contributed by atoms with Crippen molar-refractivity contribution in [1.29, 1.82) is 0 Å². The Morgan fingerprint density at radius 3 is 2.72 bits per heavy atom. The van der Waals surface area contributed by atoms with Gasteiger partial charge in [-0.3, -0.25) is 14.0 Å².